The van der Waals surface area contributed by atoms with Gasteiger partial charge in [0, 0.05) is 24.2 Å². The Kier molecular flexibility index (Phi) is 5.46. The smallest absolute Gasteiger partial charge is 0.339 e. The van der Waals surface area contributed by atoms with Crippen LogP contribution in [-0.2, 0) is 4.79 Å². The van der Waals surface area contributed by atoms with Gasteiger partial charge in [-0.15, -0.1) is 0 Å². The summed E-state index contributed by atoms with van der Waals surface area (Å²) in [6.07, 6.45) is 3.11. The van der Waals surface area contributed by atoms with Gasteiger partial charge in [0.25, 0.3) is 11.8 Å². The lowest BCUT2D eigenvalue weighted by molar-refractivity contribution is -0.122. The van der Waals surface area contributed by atoms with Crippen LogP contribution in [0.3, 0.4) is 0 Å². The number of carboxylic acid groups (broad SMARTS) is 1. The predicted molar refractivity (Wildman–Crippen MR) is 111 cm³/mol. The number of rotatable bonds is 5. The molecule has 2 atom stereocenters. The number of imide groups is 1. The Morgan fingerprint density at radius 1 is 1.00 bits per heavy atom. The fraction of sp³-hybridized carbons (Fsp3) is 0.304. The van der Waals surface area contributed by atoms with Crippen molar-refractivity contribution >= 4 is 29.4 Å². The van der Waals surface area contributed by atoms with Crippen LogP contribution in [0.15, 0.2) is 42.5 Å². The zero-order chi connectivity index (χ0) is 22.1. The molecule has 2 aromatic rings. The molecule has 3 amide bonds. The Morgan fingerprint density at radius 3 is 2.26 bits per heavy atom. The van der Waals surface area contributed by atoms with Crippen LogP contribution in [0.25, 0.3) is 0 Å². The molecule has 1 aliphatic heterocycles. The van der Waals surface area contributed by atoms with Gasteiger partial charge in [0.15, 0.2) is 0 Å². The number of nitrogens with one attached hydrogen (secondary N) is 1. The van der Waals surface area contributed by atoms with Crippen molar-refractivity contribution in [3.05, 3.63) is 59.2 Å². The number of phenols is 1. The first kappa shape index (κ1) is 20.6. The minimum Gasteiger partial charge on any atom is -0.507 e. The standard InChI is InChI=1S/C23H22N2O6/c26-19-11-14(9-10-18(19)23(30)31)24-20(27)15-6-2-1-5-13(15)12-25-21(28)16-7-3-4-8-17(16)22(25)29/h3-4,7-11,13,15,26H,1-2,5-6,12H2,(H,24,27)(H,30,31). The van der Waals surface area contributed by atoms with Gasteiger partial charge >= 0.3 is 5.97 Å². The van der Waals surface area contributed by atoms with E-state index >= 15 is 0 Å². The largest absolute Gasteiger partial charge is 0.507 e. The zero-order valence-electron chi connectivity index (χ0n) is 16.7. The molecule has 3 N–H and O–H groups in total. The summed E-state index contributed by atoms with van der Waals surface area (Å²) in [5, 5.41) is 21.6. The SMILES string of the molecule is O=C(O)c1ccc(NC(=O)C2CCCCC2CN2C(=O)c3ccccc3C2=O)cc1O. The number of carbonyl (C=O) groups is 4. The second-order valence-corrected chi connectivity index (χ2v) is 7.94. The van der Waals surface area contributed by atoms with Gasteiger partial charge in [-0.25, -0.2) is 4.79 Å². The molecule has 8 heteroatoms. The maximum Gasteiger partial charge on any atom is 0.339 e. The third kappa shape index (κ3) is 3.88. The molecule has 2 aliphatic rings. The fourth-order valence-electron chi connectivity index (χ4n) is 4.44. The van der Waals surface area contributed by atoms with E-state index in [1.165, 1.54) is 23.1 Å². The van der Waals surface area contributed by atoms with Crippen molar-refractivity contribution < 1.29 is 29.4 Å². The summed E-state index contributed by atoms with van der Waals surface area (Å²) in [6, 6.07) is 10.5. The second kappa shape index (κ2) is 8.22. The first-order chi connectivity index (χ1) is 14.9. The molecule has 160 valence electrons. The number of carbonyl (C=O) groups excluding carboxylic acids is 3. The van der Waals surface area contributed by atoms with E-state index in [4.69, 9.17) is 5.11 Å². The molecule has 8 nitrogen and oxygen atoms in total. The molecule has 2 unspecified atom stereocenters. The van der Waals surface area contributed by atoms with E-state index in [-0.39, 0.29) is 41.4 Å². The predicted octanol–water partition coefficient (Wildman–Crippen LogP) is 3.13. The maximum absolute atomic E-state index is 13.0. The lowest BCUT2D eigenvalue weighted by Gasteiger charge is -2.32. The molecule has 1 aliphatic carbocycles. The van der Waals surface area contributed by atoms with Gasteiger partial charge in [-0.2, -0.15) is 0 Å². The van der Waals surface area contributed by atoms with Gasteiger partial charge < -0.3 is 15.5 Å². The second-order valence-electron chi connectivity index (χ2n) is 7.94. The van der Waals surface area contributed by atoms with Crippen LogP contribution in [-0.4, -0.2) is 45.3 Å². The van der Waals surface area contributed by atoms with Crippen LogP contribution in [0, 0.1) is 11.8 Å². The van der Waals surface area contributed by atoms with Crippen molar-refractivity contribution in [2.75, 3.05) is 11.9 Å². The molecule has 31 heavy (non-hydrogen) atoms. The van der Waals surface area contributed by atoms with Crippen molar-refractivity contribution in [3.8, 4) is 5.75 Å². The van der Waals surface area contributed by atoms with E-state index in [2.05, 4.69) is 5.32 Å². The van der Waals surface area contributed by atoms with Crippen LogP contribution < -0.4 is 5.32 Å². The maximum atomic E-state index is 13.0. The highest BCUT2D eigenvalue weighted by Gasteiger charge is 2.40. The Bertz CT molecular complexity index is 1040. The van der Waals surface area contributed by atoms with Crippen molar-refractivity contribution in [1.82, 2.24) is 4.90 Å². The number of benzene rings is 2. The van der Waals surface area contributed by atoms with E-state index < -0.39 is 17.6 Å². The fourth-order valence-corrected chi connectivity index (χ4v) is 4.44. The molecule has 1 fully saturated rings. The van der Waals surface area contributed by atoms with Crippen molar-refractivity contribution in [1.29, 1.82) is 0 Å². The third-order valence-electron chi connectivity index (χ3n) is 6.04. The summed E-state index contributed by atoms with van der Waals surface area (Å²) in [6.45, 7) is 0.174. The van der Waals surface area contributed by atoms with Crippen LogP contribution in [0.5, 0.6) is 5.75 Å². The van der Waals surface area contributed by atoms with E-state index in [0.29, 0.717) is 24.0 Å². The molecular formula is C23H22N2O6. The normalized spacial score (nSPS) is 20.5. The summed E-state index contributed by atoms with van der Waals surface area (Å²) in [7, 11) is 0. The minimum atomic E-state index is -1.26. The van der Waals surface area contributed by atoms with Gasteiger partial charge in [0.05, 0.1) is 11.1 Å². The van der Waals surface area contributed by atoms with Crippen LogP contribution in [0.1, 0.15) is 56.8 Å². The summed E-state index contributed by atoms with van der Waals surface area (Å²) in [5.74, 6) is -3.22. The summed E-state index contributed by atoms with van der Waals surface area (Å²) < 4.78 is 0. The lowest BCUT2D eigenvalue weighted by Crippen LogP contribution is -2.41. The number of nitrogens with zero attached hydrogens (tertiary/aromatic N) is 1. The van der Waals surface area contributed by atoms with E-state index in [0.717, 1.165) is 12.8 Å². The Labute approximate surface area is 178 Å². The number of amides is 3. The van der Waals surface area contributed by atoms with Gasteiger partial charge in [0.2, 0.25) is 5.91 Å². The number of hydrogen-bond donors (Lipinski definition) is 3. The Morgan fingerprint density at radius 2 is 1.65 bits per heavy atom. The highest BCUT2D eigenvalue weighted by molar-refractivity contribution is 6.21. The van der Waals surface area contributed by atoms with E-state index in [9.17, 15) is 24.3 Å². The molecule has 0 radical (unpaired) electrons. The quantitative estimate of drug-likeness (QED) is 0.636. The number of anilines is 1. The molecule has 4 rings (SSSR count). The molecular weight excluding hydrogens is 400 g/mol. The monoisotopic (exact) mass is 422 g/mol. The first-order valence-electron chi connectivity index (χ1n) is 10.2. The van der Waals surface area contributed by atoms with Gasteiger partial charge in [-0.3, -0.25) is 19.3 Å². The summed E-state index contributed by atoms with van der Waals surface area (Å²) in [5.41, 5.74) is 0.813. The molecule has 0 aromatic heterocycles. The van der Waals surface area contributed by atoms with Crippen molar-refractivity contribution in [3.63, 3.8) is 0 Å². The Balaban J connectivity index is 1.48. The van der Waals surface area contributed by atoms with Crippen LogP contribution in [0.2, 0.25) is 0 Å². The number of aromatic hydroxyl groups is 1. The highest BCUT2D eigenvalue weighted by Crippen LogP contribution is 2.34. The molecule has 0 saturated heterocycles. The number of fused-ring (bicyclic) bond motifs is 1. The lowest BCUT2D eigenvalue weighted by atomic mass is 9.78. The molecule has 1 saturated carbocycles. The zero-order valence-corrected chi connectivity index (χ0v) is 16.7. The number of aromatic carboxylic acids is 1. The van der Waals surface area contributed by atoms with Gasteiger partial charge in [-0.05, 0) is 43.0 Å². The van der Waals surface area contributed by atoms with Gasteiger partial charge in [-0.1, -0.05) is 25.0 Å². The summed E-state index contributed by atoms with van der Waals surface area (Å²) in [4.78, 5) is 50.6. The van der Waals surface area contributed by atoms with E-state index in [1.807, 2.05) is 0 Å². The van der Waals surface area contributed by atoms with Crippen molar-refractivity contribution in [2.45, 2.75) is 25.7 Å². The average molecular weight is 422 g/mol. The molecule has 1 heterocycles. The van der Waals surface area contributed by atoms with Crippen LogP contribution >= 0.6 is 0 Å². The summed E-state index contributed by atoms with van der Waals surface area (Å²) >= 11 is 0. The minimum absolute atomic E-state index is 0.174. The molecule has 0 bridgehead atoms. The number of carboxylic acids is 1. The third-order valence-corrected chi connectivity index (χ3v) is 6.04. The highest BCUT2D eigenvalue weighted by atomic mass is 16.4. The number of hydrogen-bond acceptors (Lipinski definition) is 5. The molecule has 0 spiro atoms. The van der Waals surface area contributed by atoms with E-state index in [1.54, 1.807) is 24.3 Å². The van der Waals surface area contributed by atoms with Crippen molar-refractivity contribution in [2.24, 2.45) is 11.8 Å². The topological polar surface area (TPSA) is 124 Å². The molecule has 2 aromatic carbocycles. The Hall–Kier alpha value is -3.68. The van der Waals surface area contributed by atoms with Gasteiger partial charge in [0.1, 0.15) is 11.3 Å². The van der Waals surface area contributed by atoms with Crippen LogP contribution in [0.4, 0.5) is 5.69 Å². The average Bonchev–Trinajstić information content (AvgIpc) is 2.99. The first-order valence-corrected chi connectivity index (χ1v) is 10.2.